The van der Waals surface area contributed by atoms with Gasteiger partial charge in [0.15, 0.2) is 0 Å². The number of allylic oxidation sites excluding steroid dienone is 1. The van der Waals surface area contributed by atoms with Crippen molar-refractivity contribution in [2.45, 2.75) is 6.61 Å². The van der Waals surface area contributed by atoms with Crippen molar-refractivity contribution in [1.29, 1.82) is 0 Å². The quantitative estimate of drug-likeness (QED) is 0.723. The molecule has 0 aromatic carbocycles. The minimum absolute atomic E-state index is 0.124. The van der Waals surface area contributed by atoms with Crippen molar-refractivity contribution in [3.63, 3.8) is 0 Å². The average Bonchev–Trinajstić information content (AvgIpc) is 2.48. The van der Waals surface area contributed by atoms with E-state index in [1.54, 1.807) is 11.3 Å². The van der Waals surface area contributed by atoms with E-state index in [0.717, 1.165) is 9.75 Å². The Morgan fingerprint density at radius 1 is 1.55 bits per heavy atom. The Kier molecular flexibility index (Phi) is 3.63. The second kappa shape index (κ2) is 4.54. The predicted molar refractivity (Wildman–Crippen MR) is 50.0 cm³/mol. The van der Waals surface area contributed by atoms with E-state index in [2.05, 4.69) is 0 Å². The van der Waals surface area contributed by atoms with Gasteiger partial charge in [0.1, 0.15) is 0 Å². The van der Waals surface area contributed by atoms with Crippen LogP contribution in [0.3, 0.4) is 0 Å². The molecule has 1 rings (SSSR count). The molecule has 1 N–H and O–H groups in total. The van der Waals surface area contributed by atoms with E-state index < -0.39 is 0 Å². The van der Waals surface area contributed by atoms with Crippen LogP contribution in [0.25, 0.3) is 6.08 Å². The van der Waals surface area contributed by atoms with Crippen molar-refractivity contribution < 1.29 is 5.11 Å². The first-order valence-corrected chi connectivity index (χ1v) is 4.64. The summed E-state index contributed by atoms with van der Waals surface area (Å²) in [5.41, 5.74) is 0. The number of aliphatic hydroxyl groups is 1. The van der Waals surface area contributed by atoms with Crippen LogP contribution in [0, 0.1) is 0 Å². The van der Waals surface area contributed by atoms with E-state index in [1.165, 1.54) is 0 Å². The molecule has 0 radical (unpaired) electrons. The first-order valence-electron chi connectivity index (χ1n) is 3.29. The highest BCUT2D eigenvalue weighted by molar-refractivity contribution is 7.12. The van der Waals surface area contributed by atoms with Gasteiger partial charge in [0.2, 0.25) is 0 Å². The molecule has 0 bridgehead atoms. The van der Waals surface area contributed by atoms with Gasteiger partial charge in [-0.2, -0.15) is 0 Å². The summed E-state index contributed by atoms with van der Waals surface area (Å²) in [6.45, 7) is 0.124. The molecule has 60 valence electrons. The summed E-state index contributed by atoms with van der Waals surface area (Å²) in [5, 5.41) is 8.74. The van der Waals surface area contributed by atoms with Crippen LogP contribution in [-0.4, -0.2) is 11.0 Å². The van der Waals surface area contributed by atoms with Crippen LogP contribution in [0.4, 0.5) is 0 Å². The van der Waals surface area contributed by atoms with Crippen molar-refractivity contribution in [2.24, 2.45) is 0 Å². The molecular weight excluding hydrogens is 180 g/mol. The summed E-state index contributed by atoms with van der Waals surface area (Å²) in [5.74, 6) is 0.534. The van der Waals surface area contributed by atoms with Crippen LogP contribution < -0.4 is 0 Å². The zero-order valence-corrected chi connectivity index (χ0v) is 7.53. The summed E-state index contributed by atoms with van der Waals surface area (Å²) in [6.07, 6.45) is 3.84. The minimum Gasteiger partial charge on any atom is -0.391 e. The Hall–Kier alpha value is -0.310. The SMILES string of the molecule is OCc1ccc(C=CCCl)s1. The van der Waals surface area contributed by atoms with Gasteiger partial charge < -0.3 is 5.11 Å². The highest BCUT2D eigenvalue weighted by Gasteiger charge is 1.93. The van der Waals surface area contributed by atoms with E-state index in [-0.39, 0.29) is 6.61 Å². The van der Waals surface area contributed by atoms with Gasteiger partial charge in [-0.25, -0.2) is 0 Å². The van der Waals surface area contributed by atoms with Crippen LogP contribution in [0.2, 0.25) is 0 Å². The summed E-state index contributed by atoms with van der Waals surface area (Å²) < 4.78 is 0. The largest absolute Gasteiger partial charge is 0.391 e. The Morgan fingerprint density at radius 3 is 2.91 bits per heavy atom. The first kappa shape index (κ1) is 8.78. The van der Waals surface area contributed by atoms with Gasteiger partial charge in [0, 0.05) is 15.6 Å². The molecule has 1 heterocycles. The highest BCUT2D eigenvalue weighted by atomic mass is 35.5. The number of alkyl halides is 1. The molecular formula is C8H9ClOS. The molecule has 1 nitrogen and oxygen atoms in total. The molecule has 11 heavy (non-hydrogen) atoms. The first-order chi connectivity index (χ1) is 5.36. The average molecular weight is 189 g/mol. The van der Waals surface area contributed by atoms with Gasteiger partial charge in [-0.3, -0.25) is 0 Å². The Bertz CT molecular complexity index is 242. The van der Waals surface area contributed by atoms with Gasteiger partial charge in [0.05, 0.1) is 6.61 Å². The Balaban J connectivity index is 2.65. The topological polar surface area (TPSA) is 20.2 Å². The molecule has 1 aromatic heterocycles. The number of thiophene rings is 1. The number of aliphatic hydroxyl groups excluding tert-OH is 1. The molecule has 0 aliphatic rings. The number of rotatable bonds is 3. The molecule has 0 aliphatic heterocycles. The number of hydrogen-bond donors (Lipinski definition) is 1. The fourth-order valence-electron chi connectivity index (χ4n) is 0.730. The van der Waals surface area contributed by atoms with Crippen molar-refractivity contribution in [3.05, 3.63) is 28.0 Å². The van der Waals surface area contributed by atoms with Crippen LogP contribution in [0.15, 0.2) is 18.2 Å². The maximum absolute atomic E-state index is 8.74. The molecule has 0 unspecified atom stereocenters. The van der Waals surface area contributed by atoms with Crippen LogP contribution >= 0.6 is 22.9 Å². The van der Waals surface area contributed by atoms with Gasteiger partial charge in [-0.1, -0.05) is 6.08 Å². The summed E-state index contributed by atoms with van der Waals surface area (Å²) in [7, 11) is 0. The Labute approximate surface area is 74.9 Å². The number of halogens is 1. The standard InChI is InChI=1S/C8H9ClOS/c9-5-1-2-7-3-4-8(6-10)11-7/h1-4,10H,5-6H2. The molecule has 0 aliphatic carbocycles. The van der Waals surface area contributed by atoms with Crippen molar-refractivity contribution in [2.75, 3.05) is 5.88 Å². The van der Waals surface area contributed by atoms with Gasteiger partial charge >= 0.3 is 0 Å². The van der Waals surface area contributed by atoms with Gasteiger partial charge in [-0.15, -0.1) is 22.9 Å². The van der Waals surface area contributed by atoms with Crippen molar-refractivity contribution in [1.82, 2.24) is 0 Å². The van der Waals surface area contributed by atoms with Crippen molar-refractivity contribution in [3.8, 4) is 0 Å². The zero-order valence-electron chi connectivity index (χ0n) is 5.96. The van der Waals surface area contributed by atoms with Gasteiger partial charge in [0.25, 0.3) is 0 Å². The summed E-state index contributed by atoms with van der Waals surface area (Å²) in [4.78, 5) is 2.12. The van der Waals surface area contributed by atoms with Gasteiger partial charge in [-0.05, 0) is 18.2 Å². The Morgan fingerprint density at radius 2 is 2.36 bits per heavy atom. The predicted octanol–water partition coefficient (Wildman–Crippen LogP) is 2.49. The second-order valence-corrected chi connectivity index (χ2v) is 3.53. The molecule has 0 amide bonds. The fraction of sp³-hybridized carbons (Fsp3) is 0.250. The molecule has 3 heteroatoms. The lowest BCUT2D eigenvalue weighted by atomic mass is 10.4. The van der Waals surface area contributed by atoms with Crippen molar-refractivity contribution >= 4 is 29.0 Å². The normalized spacial score (nSPS) is 11.1. The lowest BCUT2D eigenvalue weighted by molar-refractivity contribution is 0.285. The van der Waals surface area contributed by atoms with E-state index in [1.807, 2.05) is 24.3 Å². The maximum atomic E-state index is 8.74. The molecule has 0 saturated heterocycles. The highest BCUT2D eigenvalue weighted by Crippen LogP contribution is 2.17. The summed E-state index contributed by atoms with van der Waals surface area (Å²) in [6, 6.07) is 3.89. The van der Waals surface area contributed by atoms with Crippen LogP contribution in [0.1, 0.15) is 9.75 Å². The molecule has 0 spiro atoms. The molecule has 1 aromatic rings. The minimum atomic E-state index is 0.124. The monoisotopic (exact) mass is 188 g/mol. The third kappa shape index (κ3) is 2.66. The van der Waals surface area contributed by atoms with E-state index in [0.29, 0.717) is 5.88 Å². The van der Waals surface area contributed by atoms with E-state index in [4.69, 9.17) is 16.7 Å². The van der Waals surface area contributed by atoms with Crippen LogP contribution in [0.5, 0.6) is 0 Å². The lowest BCUT2D eigenvalue weighted by Gasteiger charge is -1.83. The maximum Gasteiger partial charge on any atom is 0.0774 e. The third-order valence-electron chi connectivity index (χ3n) is 1.21. The fourth-order valence-corrected chi connectivity index (χ4v) is 1.62. The summed E-state index contributed by atoms with van der Waals surface area (Å²) >= 11 is 7.04. The van der Waals surface area contributed by atoms with Crippen LogP contribution in [-0.2, 0) is 6.61 Å². The number of hydrogen-bond acceptors (Lipinski definition) is 2. The third-order valence-corrected chi connectivity index (χ3v) is 2.42. The zero-order chi connectivity index (χ0) is 8.10. The molecule has 0 saturated carbocycles. The lowest BCUT2D eigenvalue weighted by Crippen LogP contribution is -1.69. The second-order valence-electron chi connectivity index (χ2n) is 2.02. The smallest absolute Gasteiger partial charge is 0.0774 e. The van der Waals surface area contributed by atoms with E-state index >= 15 is 0 Å². The van der Waals surface area contributed by atoms with E-state index in [9.17, 15) is 0 Å². The molecule has 0 atom stereocenters. The molecule has 0 fully saturated rings.